The number of halogens is 1. The number of amides is 2. The van der Waals surface area contributed by atoms with Crippen LogP contribution in [-0.2, 0) is 19.4 Å². The van der Waals surface area contributed by atoms with Gasteiger partial charge in [0.1, 0.15) is 16.6 Å². The van der Waals surface area contributed by atoms with Gasteiger partial charge in [-0.15, -0.1) is 11.3 Å². The summed E-state index contributed by atoms with van der Waals surface area (Å²) in [6.07, 6.45) is 6.55. The highest BCUT2D eigenvalue weighted by Gasteiger charge is 2.36. The number of urea groups is 1. The summed E-state index contributed by atoms with van der Waals surface area (Å²) in [5.41, 5.74) is 4.90. The van der Waals surface area contributed by atoms with E-state index < -0.39 is 6.04 Å². The Morgan fingerprint density at radius 2 is 1.94 bits per heavy atom. The maximum absolute atomic E-state index is 14.4. The standard InChI is InChI=1S/C29H28FN3O2S/c1-2-35-25-14-5-4-12-23(25)31-29(34)33-18-22-21-11-3-6-15-26(21)36-28(22)32-16-8-13-24(32)27(33)19-9-7-10-20(30)17-19/h4-5,7-10,12-14,16-17,27H,2-3,6,11,15,18H2,1H3,(H,31,34). The Bertz CT molecular complexity index is 1430. The Kier molecular flexibility index (Phi) is 6.01. The van der Waals surface area contributed by atoms with Gasteiger partial charge in [0.05, 0.1) is 30.6 Å². The fourth-order valence-electron chi connectivity index (χ4n) is 5.45. The van der Waals surface area contributed by atoms with Gasteiger partial charge in [-0.25, -0.2) is 9.18 Å². The maximum atomic E-state index is 14.4. The number of hydrogen-bond acceptors (Lipinski definition) is 3. The van der Waals surface area contributed by atoms with Crippen molar-refractivity contribution >= 4 is 23.1 Å². The highest BCUT2D eigenvalue weighted by Crippen LogP contribution is 2.44. The van der Waals surface area contributed by atoms with E-state index in [0.717, 1.165) is 30.5 Å². The first-order chi connectivity index (χ1) is 17.6. The number of rotatable bonds is 4. The number of fused-ring (bicyclic) bond motifs is 5. The molecule has 2 aromatic heterocycles. The number of ether oxygens (including phenoxy) is 1. The molecule has 5 nitrogen and oxygen atoms in total. The summed E-state index contributed by atoms with van der Waals surface area (Å²) in [6.45, 7) is 2.87. The molecular weight excluding hydrogens is 473 g/mol. The van der Waals surface area contributed by atoms with Crippen molar-refractivity contribution in [3.05, 3.63) is 99.9 Å². The molecule has 4 aromatic rings. The summed E-state index contributed by atoms with van der Waals surface area (Å²) < 4.78 is 22.4. The van der Waals surface area contributed by atoms with Crippen LogP contribution in [-0.4, -0.2) is 22.1 Å². The summed E-state index contributed by atoms with van der Waals surface area (Å²) in [7, 11) is 0. The van der Waals surface area contributed by atoms with Crippen LogP contribution in [0.25, 0.3) is 5.00 Å². The van der Waals surface area contributed by atoms with Crippen LogP contribution in [0.4, 0.5) is 14.9 Å². The van der Waals surface area contributed by atoms with Crippen LogP contribution in [0.2, 0.25) is 0 Å². The molecule has 6 rings (SSSR count). The number of nitrogens with zero attached hydrogens (tertiary/aromatic N) is 2. The Balaban J connectivity index is 1.49. The van der Waals surface area contributed by atoms with E-state index >= 15 is 0 Å². The van der Waals surface area contributed by atoms with Crippen LogP contribution in [0, 0.1) is 5.82 Å². The molecular formula is C29H28FN3O2S. The summed E-state index contributed by atoms with van der Waals surface area (Å²) in [6, 6.07) is 17.4. The van der Waals surface area contributed by atoms with Crippen molar-refractivity contribution in [3.63, 3.8) is 0 Å². The van der Waals surface area contributed by atoms with Gasteiger partial charge >= 0.3 is 6.03 Å². The Labute approximate surface area is 214 Å². The summed E-state index contributed by atoms with van der Waals surface area (Å²) >= 11 is 1.84. The van der Waals surface area contributed by atoms with Crippen molar-refractivity contribution in [2.45, 2.75) is 45.2 Å². The van der Waals surface area contributed by atoms with E-state index in [4.69, 9.17) is 4.74 Å². The highest BCUT2D eigenvalue weighted by atomic mass is 32.1. The number of nitrogens with one attached hydrogen (secondary N) is 1. The zero-order valence-electron chi connectivity index (χ0n) is 20.2. The third kappa shape index (κ3) is 3.97. The van der Waals surface area contributed by atoms with Gasteiger partial charge in [0.2, 0.25) is 0 Å². The molecule has 1 aliphatic heterocycles. The van der Waals surface area contributed by atoms with Crippen molar-refractivity contribution < 1.29 is 13.9 Å². The van der Waals surface area contributed by atoms with E-state index in [0.29, 0.717) is 24.6 Å². The first-order valence-electron chi connectivity index (χ1n) is 12.5. The van der Waals surface area contributed by atoms with Gasteiger partial charge in [-0.3, -0.25) is 0 Å². The molecule has 1 N–H and O–H groups in total. The van der Waals surface area contributed by atoms with E-state index in [2.05, 4.69) is 16.1 Å². The summed E-state index contributed by atoms with van der Waals surface area (Å²) in [5, 5.41) is 4.27. The van der Waals surface area contributed by atoms with Gasteiger partial charge in [0, 0.05) is 16.6 Å². The molecule has 1 aliphatic carbocycles. The first-order valence-corrected chi connectivity index (χ1v) is 13.3. The van der Waals surface area contributed by atoms with E-state index in [-0.39, 0.29) is 11.8 Å². The summed E-state index contributed by atoms with van der Waals surface area (Å²) in [4.78, 5) is 17.3. The molecule has 0 spiro atoms. The molecule has 0 fully saturated rings. The number of para-hydroxylation sites is 2. The van der Waals surface area contributed by atoms with Gasteiger partial charge in [-0.2, -0.15) is 0 Å². The maximum Gasteiger partial charge on any atom is 0.323 e. The van der Waals surface area contributed by atoms with Gasteiger partial charge < -0.3 is 19.5 Å². The first kappa shape index (κ1) is 22.9. The fourth-order valence-corrected chi connectivity index (χ4v) is 6.86. The number of carbonyl (C=O) groups is 1. The monoisotopic (exact) mass is 501 g/mol. The second-order valence-corrected chi connectivity index (χ2v) is 10.3. The quantitative estimate of drug-likeness (QED) is 0.324. The van der Waals surface area contributed by atoms with Crippen LogP contribution in [0.15, 0.2) is 66.9 Å². The third-order valence-electron chi connectivity index (χ3n) is 7.03. The number of benzene rings is 2. The fraction of sp³-hybridized carbons (Fsp3) is 0.276. The molecule has 0 saturated heterocycles. The lowest BCUT2D eigenvalue weighted by molar-refractivity contribution is 0.194. The predicted molar refractivity (Wildman–Crippen MR) is 141 cm³/mol. The van der Waals surface area contributed by atoms with E-state index in [1.54, 1.807) is 6.07 Å². The van der Waals surface area contributed by atoms with E-state index in [1.165, 1.54) is 39.6 Å². The zero-order chi connectivity index (χ0) is 24.6. The van der Waals surface area contributed by atoms with Crippen LogP contribution >= 0.6 is 11.3 Å². The third-order valence-corrected chi connectivity index (χ3v) is 8.37. The van der Waals surface area contributed by atoms with Crippen molar-refractivity contribution in [1.29, 1.82) is 0 Å². The molecule has 2 amide bonds. The minimum absolute atomic E-state index is 0.243. The lowest BCUT2D eigenvalue weighted by Gasteiger charge is -2.31. The second kappa shape index (κ2) is 9.47. The number of aryl methyl sites for hydroxylation is 1. The van der Waals surface area contributed by atoms with E-state index in [9.17, 15) is 9.18 Å². The van der Waals surface area contributed by atoms with Crippen molar-refractivity contribution in [3.8, 4) is 10.8 Å². The number of carbonyl (C=O) groups excluding carboxylic acids is 1. The number of aromatic nitrogens is 1. The zero-order valence-corrected chi connectivity index (χ0v) is 21.0. The SMILES string of the molecule is CCOc1ccccc1NC(=O)N1Cc2c(sc3c2CCCC3)-n2cccc2C1c1cccc(F)c1. The molecule has 0 radical (unpaired) electrons. The van der Waals surface area contributed by atoms with Gasteiger partial charge in [-0.1, -0.05) is 24.3 Å². The molecule has 2 aromatic carbocycles. The molecule has 3 heterocycles. The molecule has 0 saturated carbocycles. The Morgan fingerprint density at radius 1 is 1.08 bits per heavy atom. The molecule has 1 unspecified atom stereocenters. The van der Waals surface area contributed by atoms with Crippen molar-refractivity contribution in [2.24, 2.45) is 0 Å². The van der Waals surface area contributed by atoms with Gasteiger partial charge in [0.25, 0.3) is 0 Å². The number of thiophene rings is 1. The molecule has 7 heteroatoms. The van der Waals surface area contributed by atoms with Crippen molar-refractivity contribution in [1.82, 2.24) is 9.47 Å². The molecule has 0 bridgehead atoms. The lowest BCUT2D eigenvalue weighted by atomic mass is 9.95. The summed E-state index contributed by atoms with van der Waals surface area (Å²) in [5.74, 6) is 0.312. The molecule has 36 heavy (non-hydrogen) atoms. The average Bonchev–Trinajstić information content (AvgIpc) is 3.47. The predicted octanol–water partition coefficient (Wildman–Crippen LogP) is 7.09. The minimum atomic E-state index is -0.450. The molecule has 184 valence electrons. The molecule has 1 atom stereocenters. The largest absolute Gasteiger partial charge is 0.492 e. The minimum Gasteiger partial charge on any atom is -0.492 e. The number of anilines is 1. The molecule has 2 aliphatic rings. The van der Waals surface area contributed by atoms with Crippen LogP contribution in [0.1, 0.15) is 53.1 Å². The van der Waals surface area contributed by atoms with Crippen molar-refractivity contribution in [2.75, 3.05) is 11.9 Å². The smallest absolute Gasteiger partial charge is 0.323 e. The normalized spacial score (nSPS) is 16.5. The van der Waals surface area contributed by atoms with E-state index in [1.807, 2.05) is 65.6 Å². The van der Waals surface area contributed by atoms with Crippen LogP contribution in [0.5, 0.6) is 5.75 Å². The second-order valence-electron chi connectivity index (χ2n) is 9.24. The van der Waals surface area contributed by atoms with Crippen LogP contribution in [0.3, 0.4) is 0 Å². The average molecular weight is 502 g/mol. The van der Waals surface area contributed by atoms with Gasteiger partial charge in [-0.05, 0) is 80.1 Å². The Morgan fingerprint density at radius 3 is 2.81 bits per heavy atom. The van der Waals surface area contributed by atoms with Crippen LogP contribution < -0.4 is 10.1 Å². The van der Waals surface area contributed by atoms with Gasteiger partial charge in [0.15, 0.2) is 0 Å². The lowest BCUT2D eigenvalue weighted by Crippen LogP contribution is -2.38. The topological polar surface area (TPSA) is 46.5 Å². The Hall–Kier alpha value is -3.58. The highest BCUT2D eigenvalue weighted by molar-refractivity contribution is 7.15. The number of hydrogen-bond donors (Lipinski definition) is 1.